The van der Waals surface area contributed by atoms with Crippen LogP contribution in [0.4, 0.5) is 5.69 Å². The van der Waals surface area contributed by atoms with Gasteiger partial charge in [-0.2, -0.15) is 0 Å². The Kier molecular flexibility index (Phi) is 6.52. The molecule has 0 aromatic heterocycles. The molecular weight excluding hydrogens is 260 g/mol. The van der Waals surface area contributed by atoms with E-state index in [0.29, 0.717) is 18.6 Å². The largest absolute Gasteiger partial charge is 0.396 e. The fraction of sp³-hybridized carbons (Fsp3) is 0.667. The monoisotopic (exact) mass is 290 g/mol. The van der Waals surface area contributed by atoms with Gasteiger partial charge in [0, 0.05) is 31.4 Å². The summed E-state index contributed by atoms with van der Waals surface area (Å²) in [6.45, 7) is 8.00. The van der Waals surface area contributed by atoms with Gasteiger partial charge in [0.25, 0.3) is 0 Å². The Hall–Kier alpha value is -1.06. The summed E-state index contributed by atoms with van der Waals surface area (Å²) in [5.74, 6) is 0.494. The standard InChI is InChI=1S/C18H30N2O/c1-3-11-19-17(4-2)16-7-5-6-8-18(16)20-12-9-15(14-21)10-13-20/h5-8,15,17,19,21H,3-4,9-14H2,1-2H3. The summed E-state index contributed by atoms with van der Waals surface area (Å²) < 4.78 is 0. The van der Waals surface area contributed by atoms with Gasteiger partial charge in [-0.25, -0.2) is 0 Å². The highest BCUT2D eigenvalue weighted by molar-refractivity contribution is 5.55. The number of anilines is 1. The number of para-hydroxylation sites is 1. The molecule has 0 spiro atoms. The highest BCUT2D eigenvalue weighted by Gasteiger charge is 2.22. The van der Waals surface area contributed by atoms with Crippen LogP contribution in [0.25, 0.3) is 0 Å². The first-order valence-corrected chi connectivity index (χ1v) is 8.48. The molecule has 0 aliphatic carbocycles. The number of hydrogen-bond acceptors (Lipinski definition) is 3. The number of rotatable bonds is 7. The molecule has 2 rings (SSSR count). The van der Waals surface area contributed by atoms with Crippen molar-refractivity contribution in [1.82, 2.24) is 5.32 Å². The van der Waals surface area contributed by atoms with Crippen molar-refractivity contribution >= 4 is 5.69 Å². The van der Waals surface area contributed by atoms with Crippen molar-refractivity contribution < 1.29 is 5.11 Å². The molecular formula is C18H30N2O. The Morgan fingerprint density at radius 1 is 1.24 bits per heavy atom. The van der Waals surface area contributed by atoms with Crippen molar-refractivity contribution in [3.8, 4) is 0 Å². The zero-order chi connectivity index (χ0) is 15.1. The van der Waals surface area contributed by atoms with Crippen molar-refractivity contribution in [1.29, 1.82) is 0 Å². The lowest BCUT2D eigenvalue weighted by Crippen LogP contribution is -2.36. The van der Waals surface area contributed by atoms with Crippen LogP contribution in [-0.2, 0) is 0 Å². The fourth-order valence-electron chi connectivity index (χ4n) is 3.22. The second kappa shape index (κ2) is 8.40. The van der Waals surface area contributed by atoms with Gasteiger partial charge in [0.1, 0.15) is 0 Å². The Labute approximate surface area is 129 Å². The van der Waals surface area contributed by atoms with Crippen LogP contribution in [0, 0.1) is 5.92 Å². The minimum atomic E-state index is 0.338. The number of aliphatic hydroxyl groups is 1. The van der Waals surface area contributed by atoms with E-state index in [1.54, 1.807) is 0 Å². The highest BCUT2D eigenvalue weighted by atomic mass is 16.3. The van der Waals surface area contributed by atoms with Crippen molar-refractivity contribution in [3.05, 3.63) is 29.8 Å². The van der Waals surface area contributed by atoms with E-state index < -0.39 is 0 Å². The molecule has 1 saturated heterocycles. The number of piperidine rings is 1. The molecule has 1 aromatic rings. The number of benzene rings is 1. The number of aliphatic hydroxyl groups excluding tert-OH is 1. The van der Waals surface area contributed by atoms with Crippen molar-refractivity contribution in [2.45, 2.75) is 45.6 Å². The summed E-state index contributed by atoms with van der Waals surface area (Å²) in [5.41, 5.74) is 2.81. The molecule has 1 aliphatic rings. The normalized spacial score (nSPS) is 18.0. The molecule has 3 heteroatoms. The third-order valence-corrected chi connectivity index (χ3v) is 4.57. The average molecular weight is 290 g/mol. The topological polar surface area (TPSA) is 35.5 Å². The van der Waals surface area contributed by atoms with E-state index in [2.05, 4.69) is 48.3 Å². The molecule has 1 atom stereocenters. The lowest BCUT2D eigenvalue weighted by molar-refractivity contribution is 0.203. The quantitative estimate of drug-likeness (QED) is 0.808. The molecule has 0 amide bonds. The summed E-state index contributed by atoms with van der Waals surface area (Å²) >= 11 is 0. The third-order valence-electron chi connectivity index (χ3n) is 4.57. The zero-order valence-electron chi connectivity index (χ0n) is 13.5. The van der Waals surface area contributed by atoms with Gasteiger partial charge in [-0.1, -0.05) is 32.0 Å². The smallest absolute Gasteiger partial charge is 0.0460 e. The van der Waals surface area contributed by atoms with E-state index >= 15 is 0 Å². The van der Waals surface area contributed by atoms with Gasteiger partial charge in [-0.05, 0) is 49.8 Å². The maximum atomic E-state index is 9.30. The summed E-state index contributed by atoms with van der Waals surface area (Å²) in [5, 5.41) is 13.0. The summed E-state index contributed by atoms with van der Waals surface area (Å²) in [6.07, 6.45) is 4.48. The van der Waals surface area contributed by atoms with Crippen LogP contribution in [0.2, 0.25) is 0 Å². The minimum Gasteiger partial charge on any atom is -0.396 e. The van der Waals surface area contributed by atoms with Gasteiger partial charge in [0.15, 0.2) is 0 Å². The first-order valence-electron chi connectivity index (χ1n) is 8.48. The molecule has 1 fully saturated rings. The van der Waals surface area contributed by atoms with Crippen LogP contribution in [0.15, 0.2) is 24.3 Å². The van der Waals surface area contributed by atoms with E-state index in [1.165, 1.54) is 17.7 Å². The van der Waals surface area contributed by atoms with E-state index in [0.717, 1.165) is 38.9 Å². The van der Waals surface area contributed by atoms with Gasteiger partial charge in [-0.15, -0.1) is 0 Å². The Morgan fingerprint density at radius 2 is 1.95 bits per heavy atom. The molecule has 0 bridgehead atoms. The van der Waals surface area contributed by atoms with Gasteiger partial charge in [0.2, 0.25) is 0 Å². The molecule has 0 radical (unpaired) electrons. The molecule has 0 saturated carbocycles. The van der Waals surface area contributed by atoms with E-state index in [-0.39, 0.29) is 0 Å². The predicted octanol–water partition coefficient (Wildman–Crippen LogP) is 3.35. The van der Waals surface area contributed by atoms with Crippen LogP contribution < -0.4 is 10.2 Å². The number of nitrogens with one attached hydrogen (secondary N) is 1. The Bertz CT molecular complexity index is 413. The number of hydrogen-bond donors (Lipinski definition) is 2. The second-order valence-corrected chi connectivity index (χ2v) is 6.09. The Balaban J connectivity index is 2.12. The predicted molar refractivity (Wildman–Crippen MR) is 89.8 cm³/mol. The second-order valence-electron chi connectivity index (χ2n) is 6.09. The van der Waals surface area contributed by atoms with E-state index in [9.17, 15) is 5.11 Å². The van der Waals surface area contributed by atoms with Gasteiger partial charge in [-0.3, -0.25) is 0 Å². The van der Waals surface area contributed by atoms with Crippen molar-refractivity contribution in [3.63, 3.8) is 0 Å². The van der Waals surface area contributed by atoms with Gasteiger partial charge in [0.05, 0.1) is 0 Å². The highest BCUT2D eigenvalue weighted by Crippen LogP contribution is 2.31. The molecule has 1 heterocycles. The van der Waals surface area contributed by atoms with Crippen LogP contribution in [-0.4, -0.2) is 31.3 Å². The first kappa shape index (κ1) is 16.3. The van der Waals surface area contributed by atoms with Crippen LogP contribution in [0.1, 0.15) is 51.1 Å². The average Bonchev–Trinajstić information content (AvgIpc) is 2.56. The van der Waals surface area contributed by atoms with Gasteiger partial charge >= 0.3 is 0 Å². The summed E-state index contributed by atoms with van der Waals surface area (Å²) in [7, 11) is 0. The van der Waals surface area contributed by atoms with Crippen LogP contribution in [0.5, 0.6) is 0 Å². The lowest BCUT2D eigenvalue weighted by atomic mass is 9.95. The maximum Gasteiger partial charge on any atom is 0.0460 e. The molecule has 118 valence electrons. The molecule has 2 N–H and O–H groups in total. The maximum absolute atomic E-state index is 9.30. The first-order chi connectivity index (χ1) is 10.3. The Morgan fingerprint density at radius 3 is 2.57 bits per heavy atom. The van der Waals surface area contributed by atoms with E-state index in [1.807, 2.05) is 0 Å². The molecule has 3 nitrogen and oxygen atoms in total. The molecule has 1 aliphatic heterocycles. The lowest BCUT2D eigenvalue weighted by Gasteiger charge is -2.35. The molecule has 21 heavy (non-hydrogen) atoms. The summed E-state index contributed by atoms with van der Waals surface area (Å²) in [6, 6.07) is 9.26. The zero-order valence-corrected chi connectivity index (χ0v) is 13.5. The van der Waals surface area contributed by atoms with Crippen molar-refractivity contribution in [2.24, 2.45) is 5.92 Å². The fourth-order valence-corrected chi connectivity index (χ4v) is 3.22. The van der Waals surface area contributed by atoms with Gasteiger partial charge < -0.3 is 15.3 Å². The molecule has 1 aromatic carbocycles. The molecule has 1 unspecified atom stereocenters. The SMILES string of the molecule is CCCNC(CC)c1ccccc1N1CCC(CO)CC1. The minimum absolute atomic E-state index is 0.338. The van der Waals surface area contributed by atoms with Crippen molar-refractivity contribution in [2.75, 3.05) is 31.1 Å². The third kappa shape index (κ3) is 4.21. The van der Waals surface area contributed by atoms with Crippen LogP contribution >= 0.6 is 0 Å². The number of nitrogens with zero attached hydrogens (tertiary/aromatic N) is 1. The summed E-state index contributed by atoms with van der Waals surface area (Å²) in [4.78, 5) is 2.50. The van der Waals surface area contributed by atoms with E-state index in [4.69, 9.17) is 0 Å². The van der Waals surface area contributed by atoms with Crippen LogP contribution in [0.3, 0.4) is 0 Å².